The van der Waals surface area contributed by atoms with Gasteiger partial charge in [-0.15, -0.1) is 0 Å². The van der Waals surface area contributed by atoms with Crippen LogP contribution in [0.5, 0.6) is 0 Å². The van der Waals surface area contributed by atoms with Crippen LogP contribution in [0.25, 0.3) is 0 Å². The zero-order chi connectivity index (χ0) is 12.4. The number of nitrogens with zero attached hydrogens (tertiary/aromatic N) is 3. The molecule has 2 saturated heterocycles. The van der Waals surface area contributed by atoms with Crippen LogP contribution in [0.2, 0.25) is 0 Å². The Labute approximate surface area is 107 Å². The van der Waals surface area contributed by atoms with Crippen LogP contribution in [0, 0.1) is 0 Å². The maximum atomic E-state index is 12.4. The fourth-order valence-electron chi connectivity index (χ4n) is 3.08. The van der Waals surface area contributed by atoms with Crippen molar-refractivity contribution in [2.75, 3.05) is 13.1 Å². The Hall–Kier alpha value is -1.49. The van der Waals surface area contributed by atoms with Gasteiger partial charge in [-0.3, -0.25) is 4.79 Å². The van der Waals surface area contributed by atoms with Crippen LogP contribution < -0.4 is 5.32 Å². The normalized spacial score (nSPS) is 27.7. The van der Waals surface area contributed by atoms with E-state index in [9.17, 15) is 4.79 Å². The van der Waals surface area contributed by atoms with E-state index in [1.165, 1.54) is 19.2 Å². The molecule has 3 heterocycles. The van der Waals surface area contributed by atoms with E-state index in [1.807, 2.05) is 4.90 Å². The molecule has 0 saturated carbocycles. The highest BCUT2D eigenvalue weighted by molar-refractivity contribution is 5.94. The van der Waals surface area contributed by atoms with E-state index < -0.39 is 0 Å². The number of likely N-dealkylation sites (tertiary alicyclic amines) is 1. The molecule has 3 rings (SSSR count). The van der Waals surface area contributed by atoms with Crippen LogP contribution in [0.3, 0.4) is 0 Å². The van der Waals surface area contributed by atoms with Gasteiger partial charge in [0, 0.05) is 31.0 Å². The molecular weight excluding hydrogens is 228 g/mol. The van der Waals surface area contributed by atoms with Crippen molar-refractivity contribution in [3.63, 3.8) is 0 Å². The molecule has 0 bridgehead atoms. The summed E-state index contributed by atoms with van der Waals surface area (Å²) in [5.74, 6) is 0.0757. The number of rotatable bonds is 2. The van der Waals surface area contributed by atoms with Gasteiger partial charge in [-0.1, -0.05) is 0 Å². The summed E-state index contributed by atoms with van der Waals surface area (Å²) < 4.78 is 0. The van der Waals surface area contributed by atoms with Crippen LogP contribution in [-0.4, -0.2) is 45.9 Å². The van der Waals surface area contributed by atoms with Crippen molar-refractivity contribution in [3.05, 3.63) is 24.3 Å². The first kappa shape index (κ1) is 11.6. The lowest BCUT2D eigenvalue weighted by atomic mass is 10.0. The van der Waals surface area contributed by atoms with Gasteiger partial charge in [0.25, 0.3) is 5.91 Å². The van der Waals surface area contributed by atoms with Crippen molar-refractivity contribution >= 4 is 5.91 Å². The molecule has 2 fully saturated rings. The lowest BCUT2D eigenvalue weighted by Crippen LogP contribution is -2.46. The maximum absolute atomic E-state index is 12.4. The monoisotopic (exact) mass is 246 g/mol. The first-order chi connectivity index (χ1) is 8.86. The van der Waals surface area contributed by atoms with Crippen LogP contribution >= 0.6 is 0 Å². The standard InChI is InChI=1S/C13H18N4O/c18-13(10-7-14-9-15-8-10)17-6-2-4-12(17)11-3-1-5-16-11/h7-9,11-12,16H,1-6H2. The molecule has 0 radical (unpaired) electrons. The molecule has 5 nitrogen and oxygen atoms in total. The Morgan fingerprint density at radius 3 is 2.83 bits per heavy atom. The minimum Gasteiger partial charge on any atom is -0.334 e. The van der Waals surface area contributed by atoms with Crippen LogP contribution in [0.15, 0.2) is 18.7 Å². The van der Waals surface area contributed by atoms with Crippen molar-refractivity contribution in [3.8, 4) is 0 Å². The number of nitrogens with one attached hydrogen (secondary N) is 1. The molecule has 1 N–H and O–H groups in total. The third kappa shape index (κ3) is 2.10. The van der Waals surface area contributed by atoms with Crippen LogP contribution in [0.1, 0.15) is 36.0 Å². The quantitative estimate of drug-likeness (QED) is 0.840. The van der Waals surface area contributed by atoms with Crippen molar-refractivity contribution < 1.29 is 4.79 Å². The number of carbonyl (C=O) groups is 1. The van der Waals surface area contributed by atoms with E-state index >= 15 is 0 Å². The number of hydrogen-bond donors (Lipinski definition) is 1. The summed E-state index contributed by atoms with van der Waals surface area (Å²) in [6.45, 7) is 1.94. The molecule has 2 unspecified atom stereocenters. The molecule has 1 aromatic heterocycles. The number of hydrogen-bond acceptors (Lipinski definition) is 4. The van der Waals surface area contributed by atoms with Crippen molar-refractivity contribution in [1.82, 2.24) is 20.2 Å². The molecule has 0 aliphatic carbocycles. The van der Waals surface area contributed by atoms with Gasteiger partial charge < -0.3 is 10.2 Å². The molecule has 2 aliphatic rings. The largest absolute Gasteiger partial charge is 0.334 e. The predicted octanol–water partition coefficient (Wildman–Crippen LogP) is 0.833. The topological polar surface area (TPSA) is 58.1 Å². The fourth-order valence-corrected chi connectivity index (χ4v) is 3.08. The molecule has 1 amide bonds. The second kappa shape index (κ2) is 5.02. The summed E-state index contributed by atoms with van der Waals surface area (Å²) in [6, 6.07) is 0.821. The summed E-state index contributed by atoms with van der Waals surface area (Å²) in [6.07, 6.45) is 9.27. The van der Waals surface area contributed by atoms with E-state index in [1.54, 1.807) is 12.4 Å². The number of aromatic nitrogens is 2. The van der Waals surface area contributed by atoms with Crippen LogP contribution in [0.4, 0.5) is 0 Å². The zero-order valence-corrected chi connectivity index (χ0v) is 10.4. The summed E-state index contributed by atoms with van der Waals surface area (Å²) in [7, 11) is 0. The molecule has 5 heteroatoms. The number of carbonyl (C=O) groups excluding carboxylic acids is 1. The lowest BCUT2D eigenvalue weighted by molar-refractivity contribution is 0.0710. The van der Waals surface area contributed by atoms with E-state index in [4.69, 9.17) is 0 Å². The average Bonchev–Trinajstić information content (AvgIpc) is 3.09. The molecular formula is C13H18N4O. The molecule has 18 heavy (non-hydrogen) atoms. The van der Waals surface area contributed by atoms with Crippen LogP contribution in [-0.2, 0) is 0 Å². The van der Waals surface area contributed by atoms with E-state index in [-0.39, 0.29) is 5.91 Å². The van der Waals surface area contributed by atoms with E-state index in [2.05, 4.69) is 15.3 Å². The minimum absolute atomic E-state index is 0.0757. The average molecular weight is 246 g/mol. The second-order valence-corrected chi connectivity index (χ2v) is 5.04. The molecule has 2 atom stereocenters. The summed E-state index contributed by atoms with van der Waals surface area (Å²) in [5, 5.41) is 3.51. The van der Waals surface area contributed by atoms with Crippen molar-refractivity contribution in [2.45, 2.75) is 37.8 Å². The third-order valence-electron chi connectivity index (χ3n) is 3.93. The molecule has 0 aromatic carbocycles. The highest BCUT2D eigenvalue weighted by Gasteiger charge is 2.36. The molecule has 1 aromatic rings. The fraction of sp³-hybridized carbons (Fsp3) is 0.615. The van der Waals surface area contributed by atoms with Gasteiger partial charge in [0.05, 0.1) is 5.56 Å². The highest BCUT2D eigenvalue weighted by Crippen LogP contribution is 2.26. The van der Waals surface area contributed by atoms with Gasteiger partial charge in [-0.05, 0) is 32.2 Å². The van der Waals surface area contributed by atoms with Gasteiger partial charge in [0.1, 0.15) is 6.33 Å². The van der Waals surface area contributed by atoms with Gasteiger partial charge >= 0.3 is 0 Å². The van der Waals surface area contributed by atoms with Crippen molar-refractivity contribution in [1.29, 1.82) is 0 Å². The van der Waals surface area contributed by atoms with Gasteiger partial charge in [-0.25, -0.2) is 9.97 Å². The summed E-state index contributed by atoms with van der Waals surface area (Å²) in [5.41, 5.74) is 0.599. The number of amides is 1. The molecule has 96 valence electrons. The SMILES string of the molecule is O=C(c1cncnc1)N1CCCC1C1CCCN1. The minimum atomic E-state index is 0.0757. The lowest BCUT2D eigenvalue weighted by Gasteiger charge is -2.29. The zero-order valence-electron chi connectivity index (χ0n) is 10.4. The molecule has 2 aliphatic heterocycles. The summed E-state index contributed by atoms with van der Waals surface area (Å²) in [4.78, 5) is 22.3. The predicted molar refractivity (Wildman–Crippen MR) is 67.1 cm³/mol. The maximum Gasteiger partial charge on any atom is 0.257 e. The first-order valence-electron chi connectivity index (χ1n) is 6.65. The third-order valence-corrected chi connectivity index (χ3v) is 3.93. The van der Waals surface area contributed by atoms with Gasteiger partial charge in [0.15, 0.2) is 0 Å². The Kier molecular flexibility index (Phi) is 3.23. The Bertz CT molecular complexity index is 416. The van der Waals surface area contributed by atoms with Gasteiger partial charge in [-0.2, -0.15) is 0 Å². The Morgan fingerprint density at radius 2 is 2.11 bits per heavy atom. The summed E-state index contributed by atoms with van der Waals surface area (Å²) >= 11 is 0. The Morgan fingerprint density at radius 1 is 1.28 bits per heavy atom. The van der Waals surface area contributed by atoms with Crippen molar-refractivity contribution in [2.24, 2.45) is 0 Å². The van der Waals surface area contributed by atoms with E-state index in [0.717, 1.165) is 25.9 Å². The Balaban J connectivity index is 1.76. The van der Waals surface area contributed by atoms with Gasteiger partial charge in [0.2, 0.25) is 0 Å². The second-order valence-electron chi connectivity index (χ2n) is 5.04. The van der Waals surface area contributed by atoms with E-state index in [0.29, 0.717) is 17.6 Å². The highest BCUT2D eigenvalue weighted by atomic mass is 16.2. The first-order valence-corrected chi connectivity index (χ1v) is 6.65. The smallest absolute Gasteiger partial charge is 0.257 e. The molecule has 0 spiro atoms.